The van der Waals surface area contributed by atoms with Crippen molar-refractivity contribution in [2.45, 2.75) is 39.2 Å². The number of carbonyl (C=O) groups is 1. The van der Waals surface area contributed by atoms with Crippen LogP contribution in [0.25, 0.3) is 0 Å². The van der Waals surface area contributed by atoms with E-state index in [9.17, 15) is 4.79 Å². The third kappa shape index (κ3) is 4.19. The van der Waals surface area contributed by atoms with Gasteiger partial charge in [0.05, 0.1) is 6.61 Å². The van der Waals surface area contributed by atoms with Gasteiger partial charge in [0.15, 0.2) is 0 Å². The molecule has 1 saturated carbocycles. The third-order valence-electron chi connectivity index (χ3n) is 3.99. The number of carbonyl (C=O) groups excluding carboxylic acids is 1. The molecule has 0 heterocycles. The fourth-order valence-corrected chi connectivity index (χ4v) is 2.38. The van der Waals surface area contributed by atoms with Crippen LogP contribution in [0.15, 0.2) is 0 Å². The molecule has 0 aliphatic heterocycles. The molecule has 0 saturated heterocycles. The molecule has 0 radical (unpaired) electrons. The average molecular weight is 242 g/mol. The Bertz CT molecular complexity index is 246. The second-order valence-corrected chi connectivity index (χ2v) is 5.24. The minimum absolute atomic E-state index is 0.0213. The first kappa shape index (κ1) is 14.3. The number of methoxy groups -OCH3 is 1. The first-order valence-electron chi connectivity index (χ1n) is 6.56. The SMILES string of the molecule is COCCN(C)C(=O)N[C@@H]1CCC[C@H](C)[C@H]1C. The molecule has 0 spiro atoms. The zero-order valence-corrected chi connectivity index (χ0v) is 11.5. The van der Waals surface area contributed by atoms with Crippen molar-refractivity contribution in [3.63, 3.8) is 0 Å². The van der Waals surface area contributed by atoms with E-state index in [1.54, 1.807) is 12.0 Å². The van der Waals surface area contributed by atoms with Crippen molar-refractivity contribution in [3.8, 4) is 0 Å². The van der Waals surface area contributed by atoms with Gasteiger partial charge in [-0.2, -0.15) is 0 Å². The standard InChI is InChI=1S/C13H26N2O2/c1-10-6-5-7-12(11(10)2)14-13(16)15(3)8-9-17-4/h10-12H,5-9H2,1-4H3,(H,14,16)/t10-,11+,12+/m0/s1. The van der Waals surface area contributed by atoms with Crippen LogP contribution in [-0.2, 0) is 4.74 Å². The lowest BCUT2D eigenvalue weighted by molar-refractivity contribution is 0.148. The van der Waals surface area contributed by atoms with Crippen LogP contribution in [0.4, 0.5) is 4.79 Å². The first-order valence-corrected chi connectivity index (χ1v) is 6.56. The normalized spacial score (nSPS) is 28.8. The number of amides is 2. The van der Waals surface area contributed by atoms with E-state index in [0.717, 1.165) is 6.42 Å². The lowest BCUT2D eigenvalue weighted by Gasteiger charge is -2.35. The highest BCUT2D eigenvalue weighted by molar-refractivity contribution is 5.74. The van der Waals surface area contributed by atoms with E-state index in [1.165, 1.54) is 12.8 Å². The van der Waals surface area contributed by atoms with Gasteiger partial charge in [-0.25, -0.2) is 4.79 Å². The van der Waals surface area contributed by atoms with Crippen LogP contribution in [0.3, 0.4) is 0 Å². The quantitative estimate of drug-likeness (QED) is 0.820. The van der Waals surface area contributed by atoms with E-state index in [0.29, 0.717) is 31.0 Å². The van der Waals surface area contributed by atoms with Gasteiger partial charge in [0.2, 0.25) is 0 Å². The van der Waals surface area contributed by atoms with Gasteiger partial charge >= 0.3 is 6.03 Å². The molecule has 4 nitrogen and oxygen atoms in total. The number of likely N-dealkylation sites (N-methyl/N-ethyl adjacent to an activating group) is 1. The molecular formula is C13H26N2O2. The highest BCUT2D eigenvalue weighted by Crippen LogP contribution is 2.29. The lowest BCUT2D eigenvalue weighted by atomic mass is 9.78. The van der Waals surface area contributed by atoms with Gasteiger partial charge in [-0.15, -0.1) is 0 Å². The Hall–Kier alpha value is -0.770. The van der Waals surface area contributed by atoms with Gasteiger partial charge in [0, 0.05) is 26.7 Å². The maximum atomic E-state index is 11.9. The van der Waals surface area contributed by atoms with E-state index < -0.39 is 0 Å². The summed E-state index contributed by atoms with van der Waals surface area (Å²) in [5, 5.41) is 3.14. The van der Waals surface area contributed by atoms with Crippen LogP contribution in [0, 0.1) is 11.8 Å². The van der Waals surface area contributed by atoms with Crippen LogP contribution in [-0.4, -0.2) is 44.3 Å². The maximum Gasteiger partial charge on any atom is 0.317 e. The summed E-state index contributed by atoms with van der Waals surface area (Å²) in [4.78, 5) is 13.6. The summed E-state index contributed by atoms with van der Waals surface area (Å²) in [6.07, 6.45) is 3.61. The van der Waals surface area contributed by atoms with Crippen molar-refractivity contribution in [2.75, 3.05) is 27.3 Å². The average Bonchev–Trinajstić information content (AvgIpc) is 2.31. The monoisotopic (exact) mass is 242 g/mol. The van der Waals surface area contributed by atoms with Gasteiger partial charge in [-0.3, -0.25) is 0 Å². The van der Waals surface area contributed by atoms with Gasteiger partial charge < -0.3 is 15.0 Å². The molecule has 2 amide bonds. The Morgan fingerprint density at radius 3 is 2.76 bits per heavy atom. The zero-order chi connectivity index (χ0) is 12.8. The molecule has 4 heteroatoms. The molecule has 0 aromatic rings. The number of nitrogens with one attached hydrogen (secondary N) is 1. The predicted octanol–water partition coefficient (Wildman–Crippen LogP) is 2.10. The summed E-state index contributed by atoms with van der Waals surface area (Å²) in [6, 6.07) is 0.351. The molecule has 1 fully saturated rings. The first-order chi connectivity index (χ1) is 8.06. The smallest absolute Gasteiger partial charge is 0.317 e. The van der Waals surface area contributed by atoms with Gasteiger partial charge in [-0.05, 0) is 18.3 Å². The number of ether oxygens (including phenoxy) is 1. The van der Waals surface area contributed by atoms with Crippen molar-refractivity contribution >= 4 is 6.03 Å². The van der Waals surface area contributed by atoms with Gasteiger partial charge in [-0.1, -0.05) is 26.7 Å². The molecule has 100 valence electrons. The molecular weight excluding hydrogens is 216 g/mol. The Labute approximate surface area is 105 Å². The zero-order valence-electron chi connectivity index (χ0n) is 11.5. The summed E-state index contributed by atoms with van der Waals surface area (Å²) in [5.74, 6) is 1.28. The van der Waals surface area contributed by atoms with Gasteiger partial charge in [0.1, 0.15) is 0 Å². The molecule has 1 aliphatic carbocycles. The second kappa shape index (κ2) is 6.84. The highest BCUT2D eigenvalue weighted by Gasteiger charge is 2.28. The summed E-state index contributed by atoms with van der Waals surface area (Å²) >= 11 is 0. The summed E-state index contributed by atoms with van der Waals surface area (Å²) in [5.41, 5.74) is 0. The van der Waals surface area contributed by atoms with Crippen molar-refractivity contribution in [1.29, 1.82) is 0 Å². The molecule has 17 heavy (non-hydrogen) atoms. The molecule has 0 unspecified atom stereocenters. The maximum absolute atomic E-state index is 11.9. The number of hydrogen-bond donors (Lipinski definition) is 1. The molecule has 0 aromatic carbocycles. The molecule has 1 N–H and O–H groups in total. The minimum Gasteiger partial charge on any atom is -0.383 e. The Kier molecular flexibility index (Phi) is 5.75. The van der Waals surface area contributed by atoms with E-state index in [1.807, 2.05) is 7.05 Å². The fourth-order valence-electron chi connectivity index (χ4n) is 2.38. The van der Waals surface area contributed by atoms with E-state index in [-0.39, 0.29) is 6.03 Å². The van der Waals surface area contributed by atoms with E-state index in [2.05, 4.69) is 19.2 Å². The molecule has 3 atom stereocenters. The van der Waals surface area contributed by atoms with E-state index in [4.69, 9.17) is 4.74 Å². The summed E-state index contributed by atoms with van der Waals surface area (Å²) in [7, 11) is 3.46. The predicted molar refractivity (Wildman–Crippen MR) is 69.0 cm³/mol. The van der Waals surface area contributed by atoms with Crippen LogP contribution >= 0.6 is 0 Å². The largest absolute Gasteiger partial charge is 0.383 e. The van der Waals surface area contributed by atoms with Crippen LogP contribution in [0.5, 0.6) is 0 Å². The lowest BCUT2D eigenvalue weighted by Crippen LogP contribution is -2.48. The number of hydrogen-bond acceptors (Lipinski definition) is 2. The van der Waals surface area contributed by atoms with Crippen LogP contribution in [0.2, 0.25) is 0 Å². The Morgan fingerprint density at radius 2 is 2.12 bits per heavy atom. The minimum atomic E-state index is 0.0213. The Morgan fingerprint density at radius 1 is 1.41 bits per heavy atom. The summed E-state index contributed by atoms with van der Waals surface area (Å²) < 4.78 is 4.97. The molecule has 1 aliphatic rings. The van der Waals surface area contributed by atoms with Crippen molar-refractivity contribution in [2.24, 2.45) is 11.8 Å². The van der Waals surface area contributed by atoms with Crippen molar-refractivity contribution in [3.05, 3.63) is 0 Å². The molecule has 0 aromatic heterocycles. The molecule has 0 bridgehead atoms. The summed E-state index contributed by atoms with van der Waals surface area (Å²) in [6.45, 7) is 5.74. The third-order valence-corrected chi connectivity index (χ3v) is 3.99. The molecule has 1 rings (SSSR count). The number of rotatable bonds is 4. The topological polar surface area (TPSA) is 41.6 Å². The Balaban J connectivity index is 2.39. The number of urea groups is 1. The van der Waals surface area contributed by atoms with Crippen molar-refractivity contribution < 1.29 is 9.53 Å². The number of nitrogens with zero attached hydrogens (tertiary/aromatic N) is 1. The van der Waals surface area contributed by atoms with Crippen molar-refractivity contribution in [1.82, 2.24) is 10.2 Å². The van der Waals surface area contributed by atoms with Crippen LogP contribution < -0.4 is 5.32 Å². The highest BCUT2D eigenvalue weighted by atomic mass is 16.5. The second-order valence-electron chi connectivity index (χ2n) is 5.24. The van der Waals surface area contributed by atoms with Gasteiger partial charge in [0.25, 0.3) is 0 Å². The van der Waals surface area contributed by atoms with Crippen LogP contribution in [0.1, 0.15) is 33.1 Å². The van der Waals surface area contributed by atoms with E-state index >= 15 is 0 Å². The fraction of sp³-hybridized carbons (Fsp3) is 0.923.